The van der Waals surface area contributed by atoms with Gasteiger partial charge in [0.2, 0.25) is 0 Å². The highest BCUT2D eigenvalue weighted by atomic mass is 16.5. The first-order valence-electron chi connectivity index (χ1n) is 6.63. The minimum atomic E-state index is 0.307. The number of benzene rings is 1. The highest BCUT2D eigenvalue weighted by Crippen LogP contribution is 2.27. The van der Waals surface area contributed by atoms with Gasteiger partial charge in [-0.15, -0.1) is 0 Å². The lowest BCUT2D eigenvalue weighted by Gasteiger charge is -2.18. The second-order valence-electron chi connectivity index (χ2n) is 5.49. The van der Waals surface area contributed by atoms with Crippen molar-refractivity contribution in [2.24, 2.45) is 5.92 Å². The number of para-hydroxylation sites is 1. The van der Waals surface area contributed by atoms with Crippen molar-refractivity contribution in [3.8, 4) is 5.75 Å². The zero-order valence-electron chi connectivity index (χ0n) is 11.1. The molecule has 1 N–H and O–H groups in total. The Bertz CT molecular complexity index is 337. The highest BCUT2D eigenvalue weighted by Gasteiger charge is 2.22. The largest absolute Gasteiger partial charge is 0.488 e. The SMILES string of the molecule is CC(C)CC(C)NCC1Cc2ccccc2O1. The van der Waals surface area contributed by atoms with Crippen LogP contribution in [0.1, 0.15) is 32.8 Å². The lowest BCUT2D eigenvalue weighted by Crippen LogP contribution is -2.36. The van der Waals surface area contributed by atoms with E-state index in [1.165, 1.54) is 12.0 Å². The van der Waals surface area contributed by atoms with Crippen LogP contribution in [0.15, 0.2) is 24.3 Å². The van der Waals surface area contributed by atoms with Gasteiger partial charge in [0.05, 0.1) is 0 Å². The van der Waals surface area contributed by atoms with Gasteiger partial charge in [0.1, 0.15) is 11.9 Å². The minimum Gasteiger partial charge on any atom is -0.488 e. The molecular formula is C15H23NO. The van der Waals surface area contributed by atoms with Crippen molar-refractivity contribution in [1.82, 2.24) is 5.32 Å². The Morgan fingerprint density at radius 2 is 2.06 bits per heavy atom. The maximum atomic E-state index is 5.90. The molecule has 0 fully saturated rings. The van der Waals surface area contributed by atoms with E-state index in [-0.39, 0.29) is 0 Å². The summed E-state index contributed by atoms with van der Waals surface area (Å²) in [7, 11) is 0. The summed E-state index contributed by atoms with van der Waals surface area (Å²) in [5.74, 6) is 1.81. The molecule has 1 aliphatic rings. The van der Waals surface area contributed by atoms with Gasteiger partial charge in [-0.05, 0) is 30.9 Å². The Morgan fingerprint density at radius 3 is 2.76 bits per heavy atom. The van der Waals surface area contributed by atoms with Crippen molar-refractivity contribution in [2.45, 2.75) is 45.8 Å². The molecular weight excluding hydrogens is 210 g/mol. The van der Waals surface area contributed by atoms with Crippen LogP contribution < -0.4 is 10.1 Å². The van der Waals surface area contributed by atoms with E-state index in [0.717, 1.165) is 24.6 Å². The van der Waals surface area contributed by atoms with Crippen molar-refractivity contribution in [2.75, 3.05) is 6.54 Å². The van der Waals surface area contributed by atoms with Crippen LogP contribution in [0.2, 0.25) is 0 Å². The molecule has 0 aliphatic carbocycles. The van der Waals surface area contributed by atoms with E-state index >= 15 is 0 Å². The first kappa shape index (κ1) is 12.4. The van der Waals surface area contributed by atoms with E-state index in [4.69, 9.17) is 4.74 Å². The summed E-state index contributed by atoms with van der Waals surface area (Å²) in [4.78, 5) is 0. The molecule has 2 unspecified atom stereocenters. The zero-order valence-corrected chi connectivity index (χ0v) is 11.1. The molecule has 0 amide bonds. The fourth-order valence-electron chi connectivity index (χ4n) is 2.49. The summed E-state index contributed by atoms with van der Waals surface area (Å²) < 4.78 is 5.90. The predicted molar refractivity (Wildman–Crippen MR) is 71.5 cm³/mol. The Hall–Kier alpha value is -1.02. The fraction of sp³-hybridized carbons (Fsp3) is 0.600. The van der Waals surface area contributed by atoms with Gasteiger partial charge in [-0.2, -0.15) is 0 Å². The summed E-state index contributed by atoms with van der Waals surface area (Å²) in [5.41, 5.74) is 1.34. The smallest absolute Gasteiger partial charge is 0.123 e. The van der Waals surface area contributed by atoms with Crippen LogP contribution in [0.5, 0.6) is 5.75 Å². The first-order valence-corrected chi connectivity index (χ1v) is 6.63. The monoisotopic (exact) mass is 233 g/mol. The van der Waals surface area contributed by atoms with Gasteiger partial charge in [-0.1, -0.05) is 32.0 Å². The van der Waals surface area contributed by atoms with Crippen molar-refractivity contribution < 1.29 is 4.74 Å². The molecule has 1 aromatic carbocycles. The van der Waals surface area contributed by atoms with Gasteiger partial charge in [0.15, 0.2) is 0 Å². The summed E-state index contributed by atoms with van der Waals surface area (Å²) >= 11 is 0. The molecule has 2 nitrogen and oxygen atoms in total. The van der Waals surface area contributed by atoms with Gasteiger partial charge in [0.25, 0.3) is 0 Å². The van der Waals surface area contributed by atoms with Crippen molar-refractivity contribution in [3.05, 3.63) is 29.8 Å². The normalized spacial score (nSPS) is 20.1. The van der Waals surface area contributed by atoms with E-state index < -0.39 is 0 Å². The third-order valence-corrected chi connectivity index (χ3v) is 3.23. The molecule has 0 spiro atoms. The number of hydrogen-bond acceptors (Lipinski definition) is 2. The summed E-state index contributed by atoms with van der Waals surface area (Å²) in [6.45, 7) is 7.73. The van der Waals surface area contributed by atoms with E-state index in [0.29, 0.717) is 12.1 Å². The summed E-state index contributed by atoms with van der Waals surface area (Å²) in [5, 5.41) is 3.57. The summed E-state index contributed by atoms with van der Waals surface area (Å²) in [6.07, 6.45) is 2.57. The fourth-order valence-corrected chi connectivity index (χ4v) is 2.49. The summed E-state index contributed by atoms with van der Waals surface area (Å²) in [6, 6.07) is 8.91. The maximum Gasteiger partial charge on any atom is 0.123 e. The standard InChI is InChI=1S/C15H23NO/c1-11(2)8-12(3)16-10-14-9-13-6-4-5-7-15(13)17-14/h4-7,11-12,14,16H,8-10H2,1-3H3. The minimum absolute atomic E-state index is 0.307. The van der Waals surface area contributed by atoms with E-state index in [1.54, 1.807) is 0 Å². The van der Waals surface area contributed by atoms with Crippen LogP contribution in [0.3, 0.4) is 0 Å². The molecule has 94 valence electrons. The molecule has 0 bridgehead atoms. The average Bonchev–Trinajstić information content (AvgIpc) is 2.68. The van der Waals surface area contributed by atoms with E-state index in [1.807, 2.05) is 6.07 Å². The molecule has 1 heterocycles. The molecule has 0 saturated heterocycles. The van der Waals surface area contributed by atoms with Crippen molar-refractivity contribution in [1.29, 1.82) is 0 Å². The van der Waals surface area contributed by atoms with Gasteiger partial charge < -0.3 is 10.1 Å². The predicted octanol–water partition coefficient (Wildman–Crippen LogP) is 3.01. The third-order valence-electron chi connectivity index (χ3n) is 3.23. The molecule has 2 atom stereocenters. The van der Waals surface area contributed by atoms with Crippen LogP contribution in [-0.2, 0) is 6.42 Å². The lowest BCUT2D eigenvalue weighted by atomic mass is 10.0. The van der Waals surface area contributed by atoms with Gasteiger partial charge in [-0.3, -0.25) is 0 Å². The Labute approximate surface area is 104 Å². The molecule has 1 aliphatic heterocycles. The van der Waals surface area contributed by atoms with E-state index in [9.17, 15) is 0 Å². The Balaban J connectivity index is 1.76. The van der Waals surface area contributed by atoms with Crippen LogP contribution in [-0.4, -0.2) is 18.7 Å². The van der Waals surface area contributed by atoms with E-state index in [2.05, 4.69) is 44.3 Å². The topological polar surface area (TPSA) is 21.3 Å². The zero-order chi connectivity index (χ0) is 12.3. The quantitative estimate of drug-likeness (QED) is 0.844. The molecule has 2 heteroatoms. The molecule has 0 aromatic heterocycles. The Morgan fingerprint density at radius 1 is 1.29 bits per heavy atom. The first-order chi connectivity index (χ1) is 8.15. The van der Waals surface area contributed by atoms with Gasteiger partial charge in [0, 0.05) is 19.0 Å². The van der Waals surface area contributed by atoms with Crippen LogP contribution in [0, 0.1) is 5.92 Å². The number of ether oxygens (including phenoxy) is 1. The number of nitrogens with one attached hydrogen (secondary N) is 1. The van der Waals surface area contributed by atoms with Crippen LogP contribution in [0.4, 0.5) is 0 Å². The Kier molecular flexibility index (Phi) is 4.06. The molecule has 0 saturated carbocycles. The maximum absolute atomic E-state index is 5.90. The van der Waals surface area contributed by atoms with Gasteiger partial charge in [-0.25, -0.2) is 0 Å². The van der Waals surface area contributed by atoms with Crippen LogP contribution in [0.25, 0.3) is 0 Å². The highest BCUT2D eigenvalue weighted by molar-refractivity contribution is 5.37. The third kappa shape index (κ3) is 3.47. The molecule has 2 rings (SSSR count). The number of hydrogen-bond donors (Lipinski definition) is 1. The second-order valence-corrected chi connectivity index (χ2v) is 5.49. The second kappa shape index (κ2) is 5.54. The molecule has 0 radical (unpaired) electrons. The molecule has 17 heavy (non-hydrogen) atoms. The average molecular weight is 233 g/mol. The van der Waals surface area contributed by atoms with Gasteiger partial charge >= 0.3 is 0 Å². The van der Waals surface area contributed by atoms with Crippen molar-refractivity contribution in [3.63, 3.8) is 0 Å². The lowest BCUT2D eigenvalue weighted by molar-refractivity contribution is 0.219. The van der Waals surface area contributed by atoms with Crippen LogP contribution >= 0.6 is 0 Å². The molecule has 1 aromatic rings. The number of rotatable bonds is 5. The van der Waals surface area contributed by atoms with Crippen molar-refractivity contribution >= 4 is 0 Å². The number of fused-ring (bicyclic) bond motifs is 1.